The molecule has 0 heterocycles. The van der Waals surface area contributed by atoms with Crippen LogP contribution in [0, 0.1) is 10.8 Å². The van der Waals surface area contributed by atoms with Crippen LogP contribution in [0.2, 0.25) is 0 Å². The zero-order chi connectivity index (χ0) is 16.6. The molecule has 2 atom stereocenters. The number of rotatable bonds is 4. The Bertz CT molecular complexity index is 832. The summed E-state index contributed by atoms with van der Waals surface area (Å²) >= 11 is 0. The number of hydrogen-bond acceptors (Lipinski definition) is 2. The summed E-state index contributed by atoms with van der Waals surface area (Å²) in [6.07, 6.45) is 7.10. The molecule has 0 aromatic heterocycles. The minimum Gasteiger partial charge on any atom is -0.411 e. The zero-order valence-corrected chi connectivity index (χ0v) is 14.4. The largest absolute Gasteiger partial charge is 0.411 e. The van der Waals surface area contributed by atoms with Gasteiger partial charge in [0, 0.05) is 10.8 Å². The van der Waals surface area contributed by atoms with Crippen LogP contribution < -0.4 is 0 Å². The minimum atomic E-state index is 0.143. The summed E-state index contributed by atoms with van der Waals surface area (Å²) in [5.74, 6) is 1.14. The van der Waals surface area contributed by atoms with Gasteiger partial charge in [0.2, 0.25) is 0 Å². The molecule has 6 rings (SSSR count). The molecule has 2 fully saturated rings. The molecular formula is C23H23NO. The van der Waals surface area contributed by atoms with Crippen molar-refractivity contribution in [2.45, 2.75) is 50.4 Å². The minimum absolute atomic E-state index is 0.143. The fourth-order valence-corrected chi connectivity index (χ4v) is 5.97. The molecule has 0 radical (unpaired) electrons. The van der Waals surface area contributed by atoms with Gasteiger partial charge in [0.1, 0.15) is 0 Å². The Kier molecular flexibility index (Phi) is 2.57. The predicted octanol–water partition coefficient (Wildman–Crippen LogP) is 5.06. The van der Waals surface area contributed by atoms with Crippen molar-refractivity contribution < 1.29 is 5.21 Å². The Morgan fingerprint density at radius 1 is 0.760 bits per heavy atom. The van der Waals surface area contributed by atoms with Gasteiger partial charge in [-0.3, -0.25) is 0 Å². The van der Waals surface area contributed by atoms with E-state index >= 15 is 0 Å². The molecule has 4 aliphatic carbocycles. The molecule has 0 bridgehead atoms. The SMILES string of the molecule is ON=C(C1(C2Cc3ccccc32)CC1)C1(C2Cc3ccccc32)CC1. The molecule has 4 aliphatic rings. The average molecular weight is 329 g/mol. The summed E-state index contributed by atoms with van der Waals surface area (Å²) in [6.45, 7) is 0. The van der Waals surface area contributed by atoms with Crippen molar-refractivity contribution in [1.82, 2.24) is 0 Å². The van der Waals surface area contributed by atoms with Crippen LogP contribution in [0.1, 0.15) is 59.8 Å². The molecule has 126 valence electrons. The monoisotopic (exact) mass is 329 g/mol. The molecule has 2 saturated carbocycles. The van der Waals surface area contributed by atoms with Crippen molar-refractivity contribution in [3.63, 3.8) is 0 Å². The third kappa shape index (κ3) is 1.68. The lowest BCUT2D eigenvalue weighted by molar-refractivity contribution is 0.293. The van der Waals surface area contributed by atoms with Crippen LogP contribution in [-0.2, 0) is 12.8 Å². The normalized spacial score (nSPS) is 28.6. The van der Waals surface area contributed by atoms with Gasteiger partial charge in [0.15, 0.2) is 0 Å². The quantitative estimate of drug-likeness (QED) is 0.475. The molecule has 0 spiro atoms. The molecule has 1 N–H and O–H groups in total. The van der Waals surface area contributed by atoms with E-state index in [-0.39, 0.29) is 10.8 Å². The molecule has 0 aliphatic heterocycles. The molecule has 0 amide bonds. The highest BCUT2D eigenvalue weighted by atomic mass is 16.4. The van der Waals surface area contributed by atoms with E-state index in [1.807, 2.05) is 0 Å². The van der Waals surface area contributed by atoms with E-state index in [2.05, 4.69) is 53.7 Å². The predicted molar refractivity (Wildman–Crippen MR) is 98.3 cm³/mol. The molecule has 2 heteroatoms. The maximum Gasteiger partial charge on any atom is 0.0706 e. The van der Waals surface area contributed by atoms with E-state index in [9.17, 15) is 5.21 Å². The van der Waals surface area contributed by atoms with Gasteiger partial charge in [-0.1, -0.05) is 53.7 Å². The number of fused-ring (bicyclic) bond motifs is 2. The summed E-state index contributed by atoms with van der Waals surface area (Å²) in [5.41, 5.74) is 7.44. The fourth-order valence-electron chi connectivity index (χ4n) is 5.97. The van der Waals surface area contributed by atoms with E-state index in [4.69, 9.17) is 0 Å². The van der Waals surface area contributed by atoms with Gasteiger partial charge in [0.05, 0.1) is 5.71 Å². The lowest BCUT2D eigenvalue weighted by atomic mass is 9.60. The van der Waals surface area contributed by atoms with Crippen LogP contribution in [0.25, 0.3) is 0 Å². The first-order valence-electron chi connectivity index (χ1n) is 9.67. The van der Waals surface area contributed by atoms with Gasteiger partial charge in [0.25, 0.3) is 0 Å². The van der Waals surface area contributed by atoms with Gasteiger partial charge in [-0.15, -0.1) is 0 Å². The lowest BCUT2D eigenvalue weighted by Gasteiger charge is -2.43. The van der Waals surface area contributed by atoms with Crippen LogP contribution in [-0.4, -0.2) is 10.9 Å². The Morgan fingerprint density at radius 2 is 1.20 bits per heavy atom. The topological polar surface area (TPSA) is 32.6 Å². The van der Waals surface area contributed by atoms with Crippen molar-refractivity contribution in [2.75, 3.05) is 0 Å². The summed E-state index contributed by atoms with van der Waals surface area (Å²) in [4.78, 5) is 0. The number of nitrogens with zero attached hydrogens (tertiary/aromatic N) is 1. The fraction of sp³-hybridized carbons (Fsp3) is 0.435. The van der Waals surface area contributed by atoms with Gasteiger partial charge in [-0.2, -0.15) is 0 Å². The summed E-state index contributed by atoms with van der Waals surface area (Å²) < 4.78 is 0. The van der Waals surface area contributed by atoms with Crippen LogP contribution in [0.3, 0.4) is 0 Å². The van der Waals surface area contributed by atoms with Crippen molar-refractivity contribution in [2.24, 2.45) is 16.0 Å². The Morgan fingerprint density at radius 3 is 1.56 bits per heavy atom. The van der Waals surface area contributed by atoms with Gasteiger partial charge in [-0.05, 0) is 72.6 Å². The molecule has 25 heavy (non-hydrogen) atoms. The Hall–Kier alpha value is -2.09. The van der Waals surface area contributed by atoms with Gasteiger partial charge in [-0.25, -0.2) is 0 Å². The van der Waals surface area contributed by atoms with Gasteiger partial charge >= 0.3 is 0 Å². The van der Waals surface area contributed by atoms with Crippen LogP contribution in [0.15, 0.2) is 53.7 Å². The second-order valence-corrected chi connectivity index (χ2v) is 8.67. The third-order valence-corrected chi connectivity index (χ3v) is 7.66. The summed E-state index contributed by atoms with van der Waals surface area (Å²) in [5, 5.41) is 14.1. The summed E-state index contributed by atoms with van der Waals surface area (Å²) in [6, 6.07) is 17.7. The standard InChI is InChI=1S/C23H23NO/c25-24-21(22(9-10-22)19-13-15-5-1-3-7-17(15)19)23(11-12-23)20-14-16-6-2-4-8-18(16)20/h1-8,19-20,25H,9-14H2. The number of oxime groups is 1. The van der Waals surface area contributed by atoms with Gasteiger partial charge < -0.3 is 5.21 Å². The van der Waals surface area contributed by atoms with Crippen LogP contribution in [0.5, 0.6) is 0 Å². The van der Waals surface area contributed by atoms with Crippen molar-refractivity contribution in [3.05, 3.63) is 70.8 Å². The van der Waals surface area contributed by atoms with E-state index in [0.29, 0.717) is 11.8 Å². The Labute approximate surface area is 148 Å². The first-order chi connectivity index (χ1) is 12.3. The zero-order valence-electron chi connectivity index (χ0n) is 14.4. The van der Waals surface area contributed by atoms with Crippen LogP contribution in [0.4, 0.5) is 0 Å². The second kappa shape index (κ2) is 4.55. The maximum atomic E-state index is 10.1. The molecular weight excluding hydrogens is 306 g/mol. The highest BCUT2D eigenvalue weighted by Crippen LogP contribution is 2.71. The second-order valence-electron chi connectivity index (χ2n) is 8.67. The van der Waals surface area contributed by atoms with E-state index in [1.54, 1.807) is 0 Å². The van der Waals surface area contributed by atoms with E-state index in [0.717, 1.165) is 18.6 Å². The Balaban J connectivity index is 1.37. The van der Waals surface area contributed by atoms with Crippen molar-refractivity contribution in [3.8, 4) is 0 Å². The van der Waals surface area contributed by atoms with Crippen LogP contribution >= 0.6 is 0 Å². The van der Waals surface area contributed by atoms with Crippen molar-refractivity contribution >= 4 is 5.71 Å². The smallest absolute Gasteiger partial charge is 0.0706 e. The molecule has 2 aromatic rings. The highest BCUT2D eigenvalue weighted by molar-refractivity contribution is 6.01. The van der Waals surface area contributed by atoms with E-state index in [1.165, 1.54) is 47.9 Å². The first-order valence-corrected chi connectivity index (χ1v) is 9.67. The van der Waals surface area contributed by atoms with E-state index < -0.39 is 0 Å². The molecule has 0 saturated heterocycles. The first kappa shape index (κ1) is 14.1. The molecule has 2 nitrogen and oxygen atoms in total. The summed E-state index contributed by atoms with van der Waals surface area (Å²) in [7, 11) is 0. The average Bonchev–Trinajstić information content (AvgIpc) is 3.49. The lowest BCUT2D eigenvalue weighted by Crippen LogP contribution is -2.41. The van der Waals surface area contributed by atoms with Crippen molar-refractivity contribution in [1.29, 1.82) is 0 Å². The maximum absolute atomic E-state index is 10.1. The number of benzene rings is 2. The third-order valence-electron chi connectivity index (χ3n) is 7.66. The number of hydrogen-bond donors (Lipinski definition) is 1. The molecule has 2 aromatic carbocycles. The highest BCUT2D eigenvalue weighted by Gasteiger charge is 2.67. The molecule has 2 unspecified atom stereocenters.